The summed E-state index contributed by atoms with van der Waals surface area (Å²) in [6.07, 6.45) is 0.332. The molecular weight excluding hydrogens is 480 g/mol. The Morgan fingerprint density at radius 2 is 1.97 bits per heavy atom. The molecule has 0 amide bonds. The molecule has 0 aromatic rings. The number of phosphoric acid groups is 3. The van der Waals surface area contributed by atoms with Crippen molar-refractivity contribution < 1.29 is 55.5 Å². The molecule has 2 aliphatic heterocycles. The molecule has 0 aromatic carbocycles. The highest BCUT2D eigenvalue weighted by molar-refractivity contribution is 7.80. The van der Waals surface area contributed by atoms with Crippen molar-refractivity contribution >= 4 is 40.7 Å². The molecule has 2 heterocycles. The number of nitrogens with one attached hydrogen (secondary N) is 1. The van der Waals surface area contributed by atoms with Gasteiger partial charge in [0.25, 0.3) is 0 Å². The maximum absolute atomic E-state index is 14.9. The summed E-state index contributed by atoms with van der Waals surface area (Å²) in [7, 11) is -16.5. The minimum atomic E-state index is -5.64. The summed E-state index contributed by atoms with van der Waals surface area (Å²) in [5.41, 5.74) is -1.96. The van der Waals surface area contributed by atoms with Gasteiger partial charge in [0.1, 0.15) is 10.8 Å². The van der Waals surface area contributed by atoms with Crippen LogP contribution in [0.1, 0.15) is 13.3 Å². The zero-order chi connectivity index (χ0) is 22.3. The summed E-state index contributed by atoms with van der Waals surface area (Å²) in [5.74, 6) is 0.236. The molecule has 0 aromatic heterocycles. The number of phosphoric ester groups is 1. The summed E-state index contributed by atoms with van der Waals surface area (Å²) in [6.45, 7) is 4.16. The van der Waals surface area contributed by atoms with Crippen molar-refractivity contribution in [2.45, 2.75) is 31.3 Å². The lowest BCUT2D eigenvalue weighted by Crippen LogP contribution is -2.47. The number of hydrogen-bond donors (Lipinski definition) is 5. The van der Waals surface area contributed by atoms with Crippen LogP contribution in [0.5, 0.6) is 0 Å². The zero-order valence-corrected chi connectivity index (χ0v) is 18.2. The van der Waals surface area contributed by atoms with E-state index in [4.69, 9.17) is 31.6 Å². The molecule has 2 aliphatic rings. The van der Waals surface area contributed by atoms with Gasteiger partial charge in [0.05, 0.1) is 12.7 Å². The minimum Gasteiger partial charge on any atom is -0.349 e. The van der Waals surface area contributed by atoms with E-state index in [9.17, 15) is 23.0 Å². The Kier molecular flexibility index (Phi) is 7.29. The van der Waals surface area contributed by atoms with Crippen LogP contribution in [0.3, 0.4) is 0 Å². The Morgan fingerprint density at radius 3 is 2.52 bits per heavy atom. The van der Waals surface area contributed by atoms with E-state index >= 15 is 0 Å². The van der Waals surface area contributed by atoms with Gasteiger partial charge in [-0.25, -0.2) is 18.1 Å². The Bertz CT molecular complexity index is 861. The Hall–Kier alpha value is -0.530. The summed E-state index contributed by atoms with van der Waals surface area (Å²) in [6, 6.07) is 0. The van der Waals surface area contributed by atoms with Gasteiger partial charge in [-0.1, -0.05) is 18.8 Å². The van der Waals surface area contributed by atoms with Gasteiger partial charge in [-0.15, -0.1) is 0 Å². The summed E-state index contributed by atoms with van der Waals surface area (Å²) in [4.78, 5) is 37.2. The van der Waals surface area contributed by atoms with Crippen molar-refractivity contribution in [2.24, 2.45) is 0 Å². The van der Waals surface area contributed by atoms with Crippen LogP contribution in [-0.2, 0) is 31.6 Å². The summed E-state index contributed by atoms with van der Waals surface area (Å²) in [5, 5.41) is 2.72. The zero-order valence-electron chi connectivity index (χ0n) is 14.7. The van der Waals surface area contributed by atoms with Gasteiger partial charge >= 0.3 is 23.5 Å². The van der Waals surface area contributed by atoms with E-state index in [0.29, 0.717) is 4.99 Å². The fourth-order valence-corrected chi connectivity index (χ4v) is 5.79. The third kappa shape index (κ3) is 7.28. The molecular formula is C11H18FN2O11P3S. The maximum atomic E-state index is 14.9. The molecule has 5 atom stereocenters. The van der Waals surface area contributed by atoms with Crippen molar-refractivity contribution in [3.05, 3.63) is 24.7 Å². The van der Waals surface area contributed by atoms with E-state index < -0.39 is 48.1 Å². The van der Waals surface area contributed by atoms with E-state index in [-0.39, 0.29) is 12.2 Å². The SMILES string of the molecule is C=C1NC(=S)C=CN1C1OC(COP(=O)(O)OP(=O)(O)OP(=O)(O)O)CC1(C)F. The fourth-order valence-electron chi connectivity index (χ4n) is 2.56. The van der Waals surface area contributed by atoms with Crippen LogP contribution >= 0.6 is 35.7 Å². The second-order valence-electron chi connectivity index (χ2n) is 6.14. The lowest BCUT2D eigenvalue weighted by molar-refractivity contribution is -0.0770. The molecule has 0 spiro atoms. The number of halogens is 1. The van der Waals surface area contributed by atoms with Crippen molar-refractivity contribution in [1.82, 2.24) is 10.2 Å². The molecule has 29 heavy (non-hydrogen) atoms. The molecule has 5 N–H and O–H groups in total. The lowest BCUT2D eigenvalue weighted by atomic mass is 10.0. The van der Waals surface area contributed by atoms with Crippen molar-refractivity contribution in [1.29, 1.82) is 0 Å². The van der Waals surface area contributed by atoms with E-state index in [2.05, 4.69) is 25.0 Å². The minimum absolute atomic E-state index is 0.236. The van der Waals surface area contributed by atoms with Crippen molar-refractivity contribution in [3.8, 4) is 0 Å². The van der Waals surface area contributed by atoms with Crippen LogP contribution < -0.4 is 5.32 Å². The van der Waals surface area contributed by atoms with Gasteiger partial charge in [0, 0.05) is 12.6 Å². The predicted molar refractivity (Wildman–Crippen MR) is 98.5 cm³/mol. The van der Waals surface area contributed by atoms with E-state index in [1.165, 1.54) is 24.1 Å². The number of thiocarbonyl (C=S) groups is 1. The van der Waals surface area contributed by atoms with Crippen LogP contribution in [0.2, 0.25) is 0 Å². The number of hydrogen-bond acceptors (Lipinski definition) is 9. The molecule has 2 rings (SSSR count). The van der Waals surface area contributed by atoms with Crippen LogP contribution in [0.4, 0.5) is 4.39 Å². The van der Waals surface area contributed by atoms with Crippen molar-refractivity contribution in [3.63, 3.8) is 0 Å². The monoisotopic (exact) mass is 498 g/mol. The average Bonchev–Trinajstić information content (AvgIpc) is 2.76. The molecule has 1 saturated heterocycles. The number of alkyl halides is 1. The third-order valence-electron chi connectivity index (χ3n) is 3.52. The molecule has 13 nitrogen and oxygen atoms in total. The lowest BCUT2D eigenvalue weighted by Gasteiger charge is -2.36. The van der Waals surface area contributed by atoms with Gasteiger partial charge in [-0.3, -0.25) is 4.52 Å². The van der Waals surface area contributed by atoms with Crippen LogP contribution in [0.15, 0.2) is 24.7 Å². The standard InChI is InChI=1S/C11H18FN2O11P3S/c1-7-13-9(29)3-4-14(7)10-11(2,12)5-8(23-10)6-22-27(18,19)25-28(20,21)24-26(15,16)17/h3-4,8,10H,1,5-6H2,2H3,(H,13,29)(H,18,19)(H,20,21)(H2,15,16,17). The highest BCUT2D eigenvalue weighted by Crippen LogP contribution is 2.66. The Labute approximate surface area is 169 Å². The van der Waals surface area contributed by atoms with E-state index in [0.717, 1.165) is 0 Å². The summed E-state index contributed by atoms with van der Waals surface area (Å²) < 4.78 is 65.7. The average molecular weight is 498 g/mol. The van der Waals surface area contributed by atoms with Gasteiger partial charge in [0.15, 0.2) is 11.9 Å². The molecule has 166 valence electrons. The van der Waals surface area contributed by atoms with Gasteiger partial charge in [-0.2, -0.15) is 8.62 Å². The predicted octanol–water partition coefficient (Wildman–Crippen LogP) is 1.39. The normalized spacial score (nSPS) is 32.0. The van der Waals surface area contributed by atoms with Gasteiger partial charge < -0.3 is 34.5 Å². The first kappa shape index (κ1) is 24.7. The Balaban J connectivity index is 1.99. The molecule has 0 bridgehead atoms. The van der Waals surface area contributed by atoms with Gasteiger partial charge in [0.2, 0.25) is 0 Å². The second-order valence-corrected chi connectivity index (χ2v) is 11.0. The molecule has 0 saturated carbocycles. The second kappa shape index (κ2) is 8.54. The van der Waals surface area contributed by atoms with Crippen LogP contribution in [-0.4, -0.2) is 54.1 Å². The first-order valence-electron chi connectivity index (χ1n) is 7.59. The molecule has 0 aliphatic carbocycles. The van der Waals surface area contributed by atoms with Crippen molar-refractivity contribution in [2.75, 3.05) is 6.61 Å². The number of ether oxygens (including phenoxy) is 1. The maximum Gasteiger partial charge on any atom is 0.490 e. The first-order chi connectivity index (χ1) is 13.0. The molecule has 5 unspecified atom stereocenters. The number of rotatable bonds is 8. The van der Waals surface area contributed by atoms with Crippen LogP contribution in [0.25, 0.3) is 0 Å². The fraction of sp³-hybridized carbons (Fsp3) is 0.545. The largest absolute Gasteiger partial charge is 0.490 e. The van der Waals surface area contributed by atoms with Gasteiger partial charge in [-0.05, 0) is 13.0 Å². The quantitative estimate of drug-likeness (QED) is 0.239. The third-order valence-corrected chi connectivity index (χ3v) is 7.56. The van der Waals surface area contributed by atoms with E-state index in [1.54, 1.807) is 0 Å². The highest BCUT2D eigenvalue weighted by Gasteiger charge is 2.50. The molecule has 0 radical (unpaired) electrons. The topological polar surface area (TPSA) is 184 Å². The smallest absolute Gasteiger partial charge is 0.349 e. The highest BCUT2D eigenvalue weighted by atomic mass is 32.1. The number of nitrogens with zero attached hydrogens (tertiary/aromatic N) is 1. The Morgan fingerprint density at radius 1 is 1.34 bits per heavy atom. The molecule has 18 heteroatoms. The summed E-state index contributed by atoms with van der Waals surface area (Å²) >= 11 is 4.93. The van der Waals surface area contributed by atoms with E-state index in [1.807, 2.05) is 0 Å². The van der Waals surface area contributed by atoms with Crippen LogP contribution in [0, 0.1) is 0 Å². The molecule has 1 fully saturated rings. The first-order valence-corrected chi connectivity index (χ1v) is 12.5.